The van der Waals surface area contributed by atoms with Gasteiger partial charge in [-0.2, -0.15) is 0 Å². The van der Waals surface area contributed by atoms with E-state index in [1.165, 1.54) is 24.5 Å². The standard InChI is InChI=1S/C9H7NO4/c11-8(12)2-1-6-5-10-4-3-7(6)9(13)14/h1-5H,(H,11,12)(H,13,14). The molecular formula is C9H7NO4. The van der Waals surface area contributed by atoms with Gasteiger partial charge < -0.3 is 10.2 Å². The average molecular weight is 193 g/mol. The minimum Gasteiger partial charge on any atom is -0.478 e. The number of aromatic carboxylic acids is 1. The fourth-order valence-electron chi connectivity index (χ4n) is 0.895. The van der Waals surface area contributed by atoms with Crippen molar-refractivity contribution >= 4 is 18.0 Å². The lowest BCUT2D eigenvalue weighted by atomic mass is 10.1. The van der Waals surface area contributed by atoms with E-state index >= 15 is 0 Å². The average Bonchev–Trinajstić information content (AvgIpc) is 2.15. The number of aromatic nitrogens is 1. The third-order valence-corrected chi connectivity index (χ3v) is 1.49. The summed E-state index contributed by atoms with van der Waals surface area (Å²) in [6, 6.07) is 1.31. The van der Waals surface area contributed by atoms with Crippen LogP contribution in [0.5, 0.6) is 0 Å². The van der Waals surface area contributed by atoms with E-state index in [-0.39, 0.29) is 11.1 Å². The smallest absolute Gasteiger partial charge is 0.336 e. The van der Waals surface area contributed by atoms with Crippen LogP contribution in [0.3, 0.4) is 0 Å². The van der Waals surface area contributed by atoms with Crippen molar-refractivity contribution in [3.05, 3.63) is 35.7 Å². The molecule has 1 rings (SSSR count). The number of pyridine rings is 1. The molecule has 72 valence electrons. The van der Waals surface area contributed by atoms with Crippen LogP contribution in [0.15, 0.2) is 24.5 Å². The van der Waals surface area contributed by atoms with E-state index in [2.05, 4.69) is 4.98 Å². The van der Waals surface area contributed by atoms with Crippen molar-refractivity contribution < 1.29 is 19.8 Å². The molecule has 5 nitrogen and oxygen atoms in total. The first kappa shape index (κ1) is 9.91. The van der Waals surface area contributed by atoms with Gasteiger partial charge in [-0.3, -0.25) is 4.98 Å². The minimum absolute atomic E-state index is 0.0255. The highest BCUT2D eigenvalue weighted by atomic mass is 16.4. The monoisotopic (exact) mass is 193 g/mol. The minimum atomic E-state index is -1.13. The maximum atomic E-state index is 10.7. The molecule has 0 saturated heterocycles. The Labute approximate surface area is 79.3 Å². The summed E-state index contributed by atoms with van der Waals surface area (Å²) in [6.07, 6.45) is 4.69. The number of carboxylic acids is 2. The second-order valence-electron chi connectivity index (χ2n) is 2.44. The summed E-state index contributed by atoms with van der Waals surface area (Å²) in [4.78, 5) is 24.6. The molecule has 0 aliphatic carbocycles. The first-order valence-electron chi connectivity index (χ1n) is 3.69. The Morgan fingerprint density at radius 2 is 2.07 bits per heavy atom. The number of hydrogen-bond donors (Lipinski definition) is 2. The Kier molecular flexibility index (Phi) is 2.96. The summed E-state index contributed by atoms with van der Waals surface area (Å²) in [5, 5.41) is 17.1. The Morgan fingerprint density at radius 1 is 1.36 bits per heavy atom. The van der Waals surface area contributed by atoms with Crippen molar-refractivity contribution in [3.8, 4) is 0 Å². The number of rotatable bonds is 3. The molecule has 0 atom stereocenters. The van der Waals surface area contributed by atoms with E-state index in [9.17, 15) is 9.59 Å². The molecule has 1 aromatic rings. The number of nitrogens with zero attached hydrogens (tertiary/aromatic N) is 1. The molecule has 0 fully saturated rings. The summed E-state index contributed by atoms with van der Waals surface area (Å²) >= 11 is 0. The fourth-order valence-corrected chi connectivity index (χ4v) is 0.895. The van der Waals surface area contributed by atoms with Gasteiger partial charge in [0.25, 0.3) is 0 Å². The van der Waals surface area contributed by atoms with Crippen molar-refractivity contribution in [3.63, 3.8) is 0 Å². The summed E-state index contributed by atoms with van der Waals surface area (Å²) < 4.78 is 0. The maximum absolute atomic E-state index is 10.7. The molecule has 0 aliphatic heterocycles. The second kappa shape index (κ2) is 4.18. The van der Waals surface area contributed by atoms with Gasteiger partial charge in [0, 0.05) is 24.0 Å². The van der Waals surface area contributed by atoms with Crippen molar-refractivity contribution in [2.75, 3.05) is 0 Å². The van der Waals surface area contributed by atoms with E-state index in [1.807, 2.05) is 0 Å². The van der Waals surface area contributed by atoms with Crippen LogP contribution in [0.4, 0.5) is 0 Å². The summed E-state index contributed by atoms with van der Waals surface area (Å²) in [5.41, 5.74) is 0.292. The number of carboxylic acid groups (broad SMARTS) is 2. The zero-order chi connectivity index (χ0) is 10.6. The van der Waals surface area contributed by atoms with E-state index < -0.39 is 11.9 Å². The van der Waals surface area contributed by atoms with Gasteiger partial charge in [-0.1, -0.05) is 0 Å². The molecule has 14 heavy (non-hydrogen) atoms. The van der Waals surface area contributed by atoms with Gasteiger partial charge in [-0.25, -0.2) is 9.59 Å². The van der Waals surface area contributed by atoms with Crippen molar-refractivity contribution in [1.82, 2.24) is 4.98 Å². The number of hydrogen-bond acceptors (Lipinski definition) is 3. The lowest BCUT2D eigenvalue weighted by Crippen LogP contribution is -2.00. The van der Waals surface area contributed by atoms with E-state index in [4.69, 9.17) is 10.2 Å². The Hall–Kier alpha value is -2.17. The molecule has 0 aromatic carbocycles. The van der Waals surface area contributed by atoms with Crippen molar-refractivity contribution in [2.24, 2.45) is 0 Å². The SMILES string of the molecule is O=C(O)C=Cc1cnccc1C(=O)O. The highest BCUT2D eigenvalue weighted by Crippen LogP contribution is 2.08. The van der Waals surface area contributed by atoms with Gasteiger partial charge in [0.1, 0.15) is 0 Å². The molecular weight excluding hydrogens is 186 g/mol. The highest BCUT2D eigenvalue weighted by Gasteiger charge is 2.06. The van der Waals surface area contributed by atoms with Gasteiger partial charge in [-0.15, -0.1) is 0 Å². The van der Waals surface area contributed by atoms with Gasteiger partial charge in [0.15, 0.2) is 0 Å². The van der Waals surface area contributed by atoms with E-state index in [0.717, 1.165) is 6.08 Å². The lowest BCUT2D eigenvalue weighted by Gasteiger charge is -1.97. The lowest BCUT2D eigenvalue weighted by molar-refractivity contribution is -0.131. The largest absolute Gasteiger partial charge is 0.478 e. The van der Waals surface area contributed by atoms with Gasteiger partial charge in [-0.05, 0) is 12.1 Å². The van der Waals surface area contributed by atoms with Gasteiger partial charge in [0.05, 0.1) is 5.56 Å². The molecule has 0 bridgehead atoms. The van der Waals surface area contributed by atoms with Crippen LogP contribution in [0.25, 0.3) is 6.08 Å². The quantitative estimate of drug-likeness (QED) is 0.695. The fraction of sp³-hybridized carbons (Fsp3) is 0. The Morgan fingerprint density at radius 3 is 2.64 bits per heavy atom. The first-order chi connectivity index (χ1) is 6.61. The van der Waals surface area contributed by atoms with Crippen LogP contribution in [0.2, 0.25) is 0 Å². The zero-order valence-corrected chi connectivity index (χ0v) is 7.04. The van der Waals surface area contributed by atoms with Gasteiger partial charge in [0.2, 0.25) is 0 Å². The third kappa shape index (κ3) is 2.41. The maximum Gasteiger partial charge on any atom is 0.336 e. The van der Waals surface area contributed by atoms with Crippen LogP contribution in [0, 0.1) is 0 Å². The van der Waals surface area contributed by atoms with Crippen LogP contribution in [-0.4, -0.2) is 27.1 Å². The predicted molar refractivity (Wildman–Crippen MR) is 47.9 cm³/mol. The number of aliphatic carboxylic acids is 1. The van der Waals surface area contributed by atoms with Crippen LogP contribution < -0.4 is 0 Å². The van der Waals surface area contributed by atoms with Crippen LogP contribution in [-0.2, 0) is 4.79 Å². The van der Waals surface area contributed by atoms with Crippen molar-refractivity contribution in [2.45, 2.75) is 0 Å². The Bertz CT molecular complexity index is 398. The molecule has 0 amide bonds. The topological polar surface area (TPSA) is 87.5 Å². The molecule has 5 heteroatoms. The Balaban J connectivity index is 3.07. The highest BCUT2D eigenvalue weighted by molar-refractivity contribution is 5.94. The first-order valence-corrected chi connectivity index (χ1v) is 3.69. The summed E-state index contributed by atoms with van der Waals surface area (Å²) in [6.45, 7) is 0. The molecule has 1 heterocycles. The molecule has 0 unspecified atom stereocenters. The second-order valence-corrected chi connectivity index (χ2v) is 2.44. The van der Waals surface area contributed by atoms with Crippen LogP contribution in [0.1, 0.15) is 15.9 Å². The summed E-state index contributed by atoms with van der Waals surface area (Å²) in [7, 11) is 0. The predicted octanol–water partition coefficient (Wildman–Crippen LogP) is 0.878. The molecule has 0 radical (unpaired) electrons. The number of carbonyl (C=O) groups is 2. The van der Waals surface area contributed by atoms with Gasteiger partial charge >= 0.3 is 11.9 Å². The normalized spacial score (nSPS) is 10.3. The van der Waals surface area contributed by atoms with Crippen LogP contribution >= 0.6 is 0 Å². The molecule has 0 aliphatic rings. The molecule has 0 saturated carbocycles. The third-order valence-electron chi connectivity index (χ3n) is 1.49. The zero-order valence-electron chi connectivity index (χ0n) is 7.04. The van der Waals surface area contributed by atoms with E-state index in [0.29, 0.717) is 0 Å². The van der Waals surface area contributed by atoms with Crippen molar-refractivity contribution in [1.29, 1.82) is 0 Å². The molecule has 0 spiro atoms. The molecule has 2 N–H and O–H groups in total. The summed E-state index contributed by atoms with van der Waals surface area (Å²) in [5.74, 6) is -2.25. The molecule has 1 aromatic heterocycles. The van der Waals surface area contributed by atoms with E-state index in [1.54, 1.807) is 0 Å².